The number of nitrogens with one attached hydrogen (secondary N) is 1. The zero-order valence-electron chi connectivity index (χ0n) is 18.5. The lowest BCUT2D eigenvalue weighted by molar-refractivity contribution is 0.0492. The molecule has 6 nitrogen and oxygen atoms in total. The average Bonchev–Trinajstić information content (AvgIpc) is 3.16. The zero-order chi connectivity index (χ0) is 21.0. The summed E-state index contributed by atoms with van der Waals surface area (Å²) in [6, 6.07) is 6.78. The van der Waals surface area contributed by atoms with E-state index in [1.807, 2.05) is 0 Å². The van der Waals surface area contributed by atoms with Crippen molar-refractivity contribution in [3.05, 3.63) is 46.3 Å². The number of benzene rings is 1. The number of H-pyrrole nitrogens is 1. The van der Waals surface area contributed by atoms with Gasteiger partial charge in [-0.25, -0.2) is 0 Å². The molecule has 1 aliphatic rings. The molecule has 6 heteroatoms. The Kier molecular flexibility index (Phi) is 7.33. The van der Waals surface area contributed by atoms with Gasteiger partial charge in [-0.05, 0) is 55.0 Å². The molecule has 0 saturated carbocycles. The lowest BCUT2D eigenvalue weighted by Gasteiger charge is -2.41. The molecule has 0 radical (unpaired) electrons. The molecule has 1 aromatic carbocycles. The van der Waals surface area contributed by atoms with Crippen LogP contribution in [0.15, 0.2) is 18.2 Å². The Hall–Kier alpha value is -1.89. The highest BCUT2D eigenvalue weighted by molar-refractivity contribution is 5.43. The Morgan fingerprint density at radius 3 is 2.66 bits per heavy atom. The summed E-state index contributed by atoms with van der Waals surface area (Å²) in [6.07, 6.45) is 0.797. The minimum Gasteiger partial charge on any atom is -0.496 e. The molecule has 0 unspecified atom stereocenters. The van der Waals surface area contributed by atoms with E-state index in [1.165, 1.54) is 22.4 Å². The number of ether oxygens (including phenoxy) is 1. The van der Waals surface area contributed by atoms with Gasteiger partial charge in [-0.1, -0.05) is 19.9 Å². The first-order chi connectivity index (χ1) is 13.9. The van der Waals surface area contributed by atoms with E-state index in [9.17, 15) is 5.11 Å². The van der Waals surface area contributed by atoms with Crippen molar-refractivity contribution >= 4 is 0 Å². The van der Waals surface area contributed by atoms with Gasteiger partial charge in [0.05, 0.1) is 12.8 Å². The van der Waals surface area contributed by atoms with Gasteiger partial charge >= 0.3 is 0 Å². The Labute approximate surface area is 174 Å². The Bertz CT molecular complexity index is 802. The summed E-state index contributed by atoms with van der Waals surface area (Å²) < 4.78 is 5.46. The number of aromatic nitrogens is 2. The molecule has 1 aromatic heterocycles. The fourth-order valence-electron chi connectivity index (χ4n) is 4.19. The number of hydrogen-bond acceptors (Lipinski definition) is 5. The summed E-state index contributed by atoms with van der Waals surface area (Å²) >= 11 is 0. The van der Waals surface area contributed by atoms with Crippen molar-refractivity contribution in [3.63, 3.8) is 0 Å². The summed E-state index contributed by atoms with van der Waals surface area (Å²) in [6.45, 7) is 13.6. The van der Waals surface area contributed by atoms with Gasteiger partial charge in [-0.3, -0.25) is 14.9 Å². The number of aliphatic hydroxyl groups is 1. The first-order valence-corrected chi connectivity index (χ1v) is 10.7. The second kappa shape index (κ2) is 9.74. The molecule has 0 aliphatic carbocycles. The largest absolute Gasteiger partial charge is 0.496 e. The fraction of sp³-hybridized carbons (Fsp3) is 0.609. The number of piperazine rings is 1. The van der Waals surface area contributed by atoms with E-state index in [0.29, 0.717) is 12.0 Å². The summed E-state index contributed by atoms with van der Waals surface area (Å²) in [4.78, 5) is 4.99. The van der Waals surface area contributed by atoms with Crippen LogP contribution in [0.2, 0.25) is 0 Å². The molecule has 0 bridgehead atoms. The van der Waals surface area contributed by atoms with Crippen LogP contribution in [-0.2, 0) is 13.1 Å². The highest BCUT2D eigenvalue weighted by Crippen LogP contribution is 2.26. The van der Waals surface area contributed by atoms with Gasteiger partial charge in [0.25, 0.3) is 0 Å². The van der Waals surface area contributed by atoms with Crippen LogP contribution in [0.3, 0.4) is 0 Å². The SMILES string of the molecule is COc1ccc(CN2CCN(Cc3cc(C(C)C)n[nH]3)C[C@H]2CCO)c(C)c1C. The van der Waals surface area contributed by atoms with Crippen LogP contribution in [0.25, 0.3) is 0 Å². The van der Waals surface area contributed by atoms with Gasteiger partial charge in [0.2, 0.25) is 0 Å². The van der Waals surface area contributed by atoms with Gasteiger partial charge in [0.1, 0.15) is 5.75 Å². The van der Waals surface area contributed by atoms with E-state index < -0.39 is 0 Å². The van der Waals surface area contributed by atoms with Crippen LogP contribution in [-0.4, -0.2) is 64.5 Å². The molecule has 1 atom stereocenters. The summed E-state index contributed by atoms with van der Waals surface area (Å²) in [5.74, 6) is 1.39. The second-order valence-corrected chi connectivity index (χ2v) is 8.52. The van der Waals surface area contributed by atoms with E-state index in [2.05, 4.69) is 65.9 Å². The normalized spacial score (nSPS) is 18.5. The monoisotopic (exact) mass is 400 g/mol. The average molecular weight is 401 g/mol. The molecular weight excluding hydrogens is 364 g/mol. The first kappa shape index (κ1) is 21.8. The zero-order valence-corrected chi connectivity index (χ0v) is 18.5. The maximum atomic E-state index is 9.63. The number of hydrogen-bond donors (Lipinski definition) is 2. The van der Waals surface area contributed by atoms with Crippen molar-refractivity contribution in [2.75, 3.05) is 33.4 Å². The second-order valence-electron chi connectivity index (χ2n) is 8.52. The highest BCUT2D eigenvalue weighted by atomic mass is 16.5. The summed E-state index contributed by atoms with van der Waals surface area (Å²) in [7, 11) is 1.72. The molecule has 29 heavy (non-hydrogen) atoms. The molecule has 2 aromatic rings. The molecular formula is C23H36N4O2. The van der Waals surface area contributed by atoms with Gasteiger partial charge < -0.3 is 9.84 Å². The quantitative estimate of drug-likeness (QED) is 0.712. The molecule has 1 saturated heterocycles. The molecule has 0 spiro atoms. The Morgan fingerprint density at radius 2 is 2.00 bits per heavy atom. The maximum Gasteiger partial charge on any atom is 0.122 e. The molecule has 0 amide bonds. The van der Waals surface area contributed by atoms with Crippen LogP contribution in [0, 0.1) is 13.8 Å². The minimum absolute atomic E-state index is 0.219. The van der Waals surface area contributed by atoms with Crippen molar-refractivity contribution in [2.24, 2.45) is 0 Å². The summed E-state index contributed by atoms with van der Waals surface area (Å²) in [5, 5.41) is 17.2. The fourth-order valence-corrected chi connectivity index (χ4v) is 4.19. The number of methoxy groups -OCH3 is 1. The Balaban J connectivity index is 1.66. The predicted molar refractivity (Wildman–Crippen MR) is 116 cm³/mol. The number of aliphatic hydroxyl groups excluding tert-OH is 1. The summed E-state index contributed by atoms with van der Waals surface area (Å²) in [5.41, 5.74) is 6.15. The van der Waals surface area contributed by atoms with E-state index >= 15 is 0 Å². The highest BCUT2D eigenvalue weighted by Gasteiger charge is 2.27. The van der Waals surface area contributed by atoms with Crippen molar-refractivity contribution in [2.45, 2.75) is 59.2 Å². The van der Waals surface area contributed by atoms with Gasteiger partial charge in [0.15, 0.2) is 0 Å². The van der Waals surface area contributed by atoms with E-state index in [1.54, 1.807) is 7.11 Å². The standard InChI is InChI=1S/C23H36N4O2/c1-16(2)22-12-20(24-25-22)14-26-9-10-27(21(15-26)8-11-28)13-19-6-7-23(29-5)18(4)17(19)3/h6-7,12,16,21,28H,8-11,13-15H2,1-5H3,(H,24,25)/t21-/m1/s1. The number of aromatic amines is 1. The Morgan fingerprint density at radius 1 is 1.21 bits per heavy atom. The third kappa shape index (κ3) is 5.18. The number of rotatable bonds is 8. The molecule has 1 aliphatic heterocycles. The molecule has 160 valence electrons. The minimum atomic E-state index is 0.219. The first-order valence-electron chi connectivity index (χ1n) is 10.7. The third-order valence-corrected chi connectivity index (χ3v) is 6.23. The van der Waals surface area contributed by atoms with Crippen LogP contribution >= 0.6 is 0 Å². The van der Waals surface area contributed by atoms with Crippen molar-refractivity contribution in [1.82, 2.24) is 20.0 Å². The maximum absolute atomic E-state index is 9.63. The molecule has 3 rings (SSSR count). The van der Waals surface area contributed by atoms with Crippen LogP contribution < -0.4 is 4.74 Å². The molecule has 1 fully saturated rings. The lowest BCUT2D eigenvalue weighted by Crippen LogP contribution is -2.52. The van der Waals surface area contributed by atoms with Gasteiger partial charge in [-0.15, -0.1) is 0 Å². The molecule has 2 N–H and O–H groups in total. The van der Waals surface area contributed by atoms with Crippen molar-refractivity contribution < 1.29 is 9.84 Å². The number of nitrogens with zero attached hydrogens (tertiary/aromatic N) is 3. The van der Waals surface area contributed by atoms with Crippen LogP contribution in [0.5, 0.6) is 5.75 Å². The smallest absolute Gasteiger partial charge is 0.122 e. The van der Waals surface area contributed by atoms with E-state index in [4.69, 9.17) is 4.74 Å². The van der Waals surface area contributed by atoms with E-state index in [0.717, 1.165) is 50.6 Å². The molecule has 2 heterocycles. The van der Waals surface area contributed by atoms with Crippen molar-refractivity contribution in [1.29, 1.82) is 0 Å². The van der Waals surface area contributed by atoms with Crippen LogP contribution in [0.4, 0.5) is 0 Å². The third-order valence-electron chi connectivity index (χ3n) is 6.23. The van der Waals surface area contributed by atoms with Gasteiger partial charge in [-0.2, -0.15) is 5.10 Å². The van der Waals surface area contributed by atoms with Gasteiger partial charge in [0, 0.05) is 51.1 Å². The topological polar surface area (TPSA) is 64.6 Å². The van der Waals surface area contributed by atoms with Crippen molar-refractivity contribution in [3.8, 4) is 5.75 Å². The predicted octanol–water partition coefficient (Wildman–Crippen LogP) is 3.23. The van der Waals surface area contributed by atoms with Crippen LogP contribution in [0.1, 0.15) is 54.3 Å². The lowest BCUT2D eigenvalue weighted by atomic mass is 10.00. The van der Waals surface area contributed by atoms with E-state index in [-0.39, 0.29) is 6.61 Å².